The number of likely N-dealkylation sites (tertiary alicyclic amines) is 1. The second-order valence-corrected chi connectivity index (χ2v) is 26.6. The molecule has 0 bridgehead atoms. The Labute approximate surface area is 325 Å². The molecule has 3 aromatic rings. The van der Waals surface area contributed by atoms with E-state index < -0.39 is 35.7 Å². The van der Waals surface area contributed by atoms with Crippen LogP contribution in [0.25, 0.3) is 10.7 Å². The number of halogens is 2. The number of piperidine rings is 1. The molecule has 284 valence electrons. The third kappa shape index (κ3) is 16.5. The molecule has 0 unspecified atom stereocenters. The van der Waals surface area contributed by atoms with Crippen molar-refractivity contribution in [1.82, 2.24) is 29.8 Å². The van der Waals surface area contributed by atoms with Crippen molar-refractivity contribution in [2.45, 2.75) is 140 Å². The molecule has 0 spiro atoms. The van der Waals surface area contributed by atoms with E-state index in [0.29, 0.717) is 23.9 Å². The third-order valence-corrected chi connectivity index (χ3v) is 23.8. The summed E-state index contributed by atoms with van der Waals surface area (Å²) in [6, 6.07) is 3.69. The van der Waals surface area contributed by atoms with Crippen LogP contribution in [0.5, 0.6) is 0 Å². The maximum absolute atomic E-state index is 15.3. The van der Waals surface area contributed by atoms with Gasteiger partial charge in [0.25, 0.3) is 0 Å². The number of carbonyl (C=O) groups is 1. The van der Waals surface area contributed by atoms with E-state index >= 15 is 4.39 Å². The van der Waals surface area contributed by atoms with Crippen molar-refractivity contribution in [3.63, 3.8) is 0 Å². The number of rotatable bonds is 12. The number of amides is 1. The van der Waals surface area contributed by atoms with Crippen LogP contribution in [-0.4, -0.2) is 73.0 Å². The second-order valence-electron chi connectivity index (χ2n) is 12.7. The van der Waals surface area contributed by atoms with Crippen LogP contribution in [0, 0.1) is 0 Å². The van der Waals surface area contributed by atoms with Gasteiger partial charge in [0.05, 0.1) is 4.88 Å². The van der Waals surface area contributed by atoms with Gasteiger partial charge >= 0.3 is 162 Å². The van der Waals surface area contributed by atoms with Gasteiger partial charge in [0.1, 0.15) is 10.6 Å². The van der Waals surface area contributed by atoms with Crippen molar-refractivity contribution in [3.05, 3.63) is 48.1 Å². The van der Waals surface area contributed by atoms with Gasteiger partial charge in [-0.15, -0.1) is 11.3 Å². The van der Waals surface area contributed by atoms with Gasteiger partial charge in [-0.1, -0.05) is 22.3 Å². The summed E-state index contributed by atoms with van der Waals surface area (Å²) in [4.78, 5) is 36.4. The molecule has 1 aliphatic heterocycles. The van der Waals surface area contributed by atoms with Crippen LogP contribution >= 0.6 is 31.7 Å². The monoisotopic (exact) mass is 972 g/mol. The van der Waals surface area contributed by atoms with Crippen molar-refractivity contribution < 1.29 is 26.7 Å². The van der Waals surface area contributed by atoms with Gasteiger partial charge in [0.2, 0.25) is 0 Å². The molecular weight excluding hydrogens is 909 g/mol. The van der Waals surface area contributed by atoms with Gasteiger partial charge in [-0.05, 0) is 26.8 Å². The van der Waals surface area contributed by atoms with E-state index in [4.69, 9.17) is 14.7 Å². The zero-order valence-electron chi connectivity index (χ0n) is 28.2. The first-order valence-corrected chi connectivity index (χ1v) is 27.7. The molecule has 49 heavy (non-hydrogen) atoms. The summed E-state index contributed by atoms with van der Waals surface area (Å²) >= 11 is 4.82. The van der Waals surface area contributed by atoms with Crippen molar-refractivity contribution >= 4 is 60.0 Å². The Bertz CT molecular complexity index is 1240. The van der Waals surface area contributed by atoms with E-state index in [2.05, 4.69) is 48.5 Å². The van der Waals surface area contributed by atoms with Gasteiger partial charge in [0.15, 0.2) is 11.5 Å². The predicted octanol–water partition coefficient (Wildman–Crippen LogP) is 11.1. The fourth-order valence-corrected chi connectivity index (χ4v) is 21.3. The van der Waals surface area contributed by atoms with Gasteiger partial charge in [0, 0.05) is 44.5 Å². The van der Waals surface area contributed by atoms with Crippen LogP contribution in [-0.2, 0) is 23.2 Å². The molecule has 13 heteroatoms. The van der Waals surface area contributed by atoms with Crippen LogP contribution in [0.2, 0.25) is 13.3 Å². The molecule has 1 amide bonds. The van der Waals surface area contributed by atoms with E-state index in [0.717, 1.165) is 4.88 Å². The average molecular weight is 972 g/mol. The first-order chi connectivity index (χ1) is 22.1. The molecular formula is C36H63CuFIN6O2SSn. The van der Waals surface area contributed by atoms with Crippen LogP contribution in [0.4, 0.5) is 9.18 Å². The van der Waals surface area contributed by atoms with Gasteiger partial charge in [-0.2, -0.15) is 0 Å². The van der Waals surface area contributed by atoms with Gasteiger partial charge < -0.3 is 9.64 Å². The number of unbranched alkanes of at least 4 members (excludes halogenated alkanes) is 3. The standard InChI is InChI=1S/C17H21FN4O2S.C4H3N2.3C4H9.3CH4.Cu.HI.Sn/c1-16(2,3)24-15(23)22-9-5-17(18,6-10-22)14-21-11-12(25-14)13-19-7-4-8-20-13;1-2-5-4-6-3-1;3*1-3-4-2;;;;;;/h4,7-8,11H,5-6,9-10H2,1-3H3;1-3H;3*1,3-4H2,2H3;3*1H4;;1H;/q;;;;;;;;+1;;/p-1. The van der Waals surface area contributed by atoms with E-state index in [-0.39, 0.29) is 35.1 Å². The Kier molecular flexibility index (Phi) is 26.5. The normalized spacial score (nSPS) is 13.6. The summed E-state index contributed by atoms with van der Waals surface area (Å²) in [5.41, 5.74) is -2.09. The Morgan fingerprint density at radius 2 is 1.33 bits per heavy atom. The number of ether oxygens (including phenoxy) is 1. The number of nitrogens with zero attached hydrogens (tertiary/aromatic N) is 6. The molecule has 1 aliphatic rings. The first-order valence-electron chi connectivity index (χ1n) is 16.3. The van der Waals surface area contributed by atoms with Crippen molar-refractivity contribution in [1.29, 1.82) is 0 Å². The molecule has 3 aromatic heterocycles. The maximum atomic E-state index is 15.3. The molecule has 0 saturated carbocycles. The van der Waals surface area contributed by atoms with Crippen molar-refractivity contribution in [3.8, 4) is 10.7 Å². The van der Waals surface area contributed by atoms with E-state index in [9.17, 15) is 4.79 Å². The Balaban J connectivity index is 0. The summed E-state index contributed by atoms with van der Waals surface area (Å²) in [6.45, 7) is 13.0. The zero-order chi connectivity index (χ0) is 34.1. The number of hydrogen-bond donors (Lipinski definition) is 0. The average Bonchev–Trinajstić information content (AvgIpc) is 3.58. The van der Waals surface area contributed by atoms with Crippen molar-refractivity contribution in [2.24, 2.45) is 0 Å². The summed E-state index contributed by atoms with van der Waals surface area (Å²) < 4.78 is 26.3. The van der Waals surface area contributed by atoms with Crippen molar-refractivity contribution in [2.75, 3.05) is 13.1 Å². The molecule has 0 N–H and O–H groups in total. The first kappa shape index (κ1) is 50.1. The molecule has 0 aromatic carbocycles. The van der Waals surface area contributed by atoms with Crippen LogP contribution in [0.15, 0.2) is 43.1 Å². The summed E-state index contributed by atoms with van der Waals surface area (Å²) in [5.74, 6) is 0.543. The number of aromatic nitrogens is 5. The van der Waals surface area contributed by atoms with E-state index in [1.807, 2.05) is 39.2 Å². The SMILES string of the molecule is C.C.C.CC(C)(C)OC(=O)N1CCC(F)(c2ncc(-c3ncccn3)s2)CC1.CCC[CH2][Sn]([CH2]CCC)([CH2]CCC)[c]1ncccn1.[Cu][I]. The van der Waals surface area contributed by atoms with Crippen LogP contribution < -0.4 is 3.84 Å². The molecule has 4 rings (SSSR count). The van der Waals surface area contributed by atoms with Crippen LogP contribution in [0.3, 0.4) is 0 Å². The van der Waals surface area contributed by atoms with Crippen LogP contribution in [0.1, 0.15) is 120 Å². The van der Waals surface area contributed by atoms with E-state index in [1.54, 1.807) is 49.9 Å². The molecule has 8 nitrogen and oxygen atoms in total. The fraction of sp³-hybridized carbons (Fsp3) is 0.667. The minimum atomic E-state index is -2.32. The number of alkyl halides is 1. The minimum absolute atomic E-state index is 0. The molecule has 0 aliphatic carbocycles. The zero-order valence-corrected chi connectivity index (χ0v) is 35.0. The molecule has 1 saturated heterocycles. The topological polar surface area (TPSA) is 94.0 Å². The Morgan fingerprint density at radius 3 is 1.76 bits per heavy atom. The van der Waals surface area contributed by atoms with E-state index in [1.165, 1.54) is 67.0 Å². The summed E-state index contributed by atoms with van der Waals surface area (Å²) in [5, 5.41) is 0.416. The Hall–Kier alpha value is -0.962. The van der Waals surface area contributed by atoms with Gasteiger partial charge in [-0.3, -0.25) is 0 Å². The second kappa shape index (κ2) is 25.9. The number of hydrogen-bond acceptors (Lipinski definition) is 8. The summed E-state index contributed by atoms with van der Waals surface area (Å²) in [6.07, 6.45) is 16.9. The third-order valence-electron chi connectivity index (χ3n) is 7.95. The molecule has 1 fully saturated rings. The number of carbonyl (C=O) groups excluding carboxylic acids is 1. The molecule has 4 heterocycles. The Morgan fingerprint density at radius 1 is 0.878 bits per heavy atom. The fourth-order valence-electron chi connectivity index (χ4n) is 5.42. The molecule has 0 radical (unpaired) electrons. The predicted molar refractivity (Wildman–Crippen MR) is 214 cm³/mol. The number of thiazole rings is 1. The quantitative estimate of drug-likeness (QED) is 0.132. The summed E-state index contributed by atoms with van der Waals surface area (Å²) in [7, 11) is 0. The molecule has 0 atom stereocenters. The van der Waals surface area contributed by atoms with Gasteiger partial charge in [-0.25, -0.2) is 24.1 Å².